The number of nitrogens with two attached hydrogens (primary N) is 1. The third-order valence-corrected chi connectivity index (χ3v) is 3.57. The number of fused-ring (bicyclic) bond motifs is 1. The van der Waals surface area contributed by atoms with Gasteiger partial charge >= 0.3 is 0 Å². The number of hydrogen-bond donors (Lipinski definition) is 2. The van der Waals surface area contributed by atoms with Crippen molar-refractivity contribution < 1.29 is 0 Å². The summed E-state index contributed by atoms with van der Waals surface area (Å²) in [6.45, 7) is 2.04. The van der Waals surface area contributed by atoms with Gasteiger partial charge in [0, 0.05) is 15.5 Å². The largest absolute Gasteiger partial charge is 0.368 e. The molecule has 0 fully saturated rings. The molecule has 4 nitrogen and oxygen atoms in total. The Hall–Kier alpha value is -2.14. The summed E-state index contributed by atoms with van der Waals surface area (Å²) in [6.07, 6.45) is 0. The summed E-state index contributed by atoms with van der Waals surface area (Å²) in [4.78, 5) is 8.54. The monoisotopic (exact) mass is 328 g/mol. The van der Waals surface area contributed by atoms with Gasteiger partial charge in [-0.2, -0.15) is 4.98 Å². The van der Waals surface area contributed by atoms with Crippen LogP contribution in [0.1, 0.15) is 5.56 Å². The molecule has 0 aliphatic heterocycles. The number of aryl methyl sites for hydroxylation is 1. The van der Waals surface area contributed by atoms with Crippen LogP contribution < -0.4 is 11.1 Å². The van der Waals surface area contributed by atoms with Gasteiger partial charge in [0.1, 0.15) is 5.82 Å². The lowest BCUT2D eigenvalue weighted by Crippen LogP contribution is -2.02. The van der Waals surface area contributed by atoms with E-state index in [1.807, 2.05) is 49.4 Å². The van der Waals surface area contributed by atoms with Gasteiger partial charge in [-0.15, -0.1) is 0 Å². The summed E-state index contributed by atoms with van der Waals surface area (Å²) in [6, 6.07) is 13.9. The molecule has 0 saturated heterocycles. The van der Waals surface area contributed by atoms with Crippen LogP contribution in [-0.4, -0.2) is 9.97 Å². The third kappa shape index (κ3) is 2.44. The number of halogens is 1. The normalized spacial score (nSPS) is 10.7. The average molecular weight is 329 g/mol. The minimum absolute atomic E-state index is 0.263. The minimum atomic E-state index is 0.263. The van der Waals surface area contributed by atoms with Gasteiger partial charge in [-0.25, -0.2) is 4.98 Å². The highest BCUT2D eigenvalue weighted by Crippen LogP contribution is 2.27. The van der Waals surface area contributed by atoms with Gasteiger partial charge in [0.2, 0.25) is 5.95 Å². The Bertz CT molecular complexity index is 786. The van der Waals surface area contributed by atoms with Crippen LogP contribution in [0.4, 0.5) is 17.5 Å². The zero-order chi connectivity index (χ0) is 14.1. The first-order valence-corrected chi connectivity index (χ1v) is 6.98. The molecule has 0 spiro atoms. The Morgan fingerprint density at radius 2 is 1.90 bits per heavy atom. The highest BCUT2D eigenvalue weighted by molar-refractivity contribution is 9.10. The van der Waals surface area contributed by atoms with Crippen LogP contribution in [0.3, 0.4) is 0 Å². The van der Waals surface area contributed by atoms with Crippen LogP contribution in [0.2, 0.25) is 0 Å². The van der Waals surface area contributed by atoms with Crippen LogP contribution in [0.5, 0.6) is 0 Å². The summed E-state index contributed by atoms with van der Waals surface area (Å²) in [5.74, 6) is 0.980. The Morgan fingerprint density at radius 3 is 2.75 bits per heavy atom. The Morgan fingerprint density at radius 1 is 1.10 bits per heavy atom. The molecule has 0 unspecified atom stereocenters. The van der Waals surface area contributed by atoms with Crippen LogP contribution in [0.25, 0.3) is 10.9 Å². The number of nitrogens with zero attached hydrogens (tertiary/aromatic N) is 2. The molecule has 0 bridgehead atoms. The number of nitrogen functional groups attached to an aromatic ring is 1. The van der Waals surface area contributed by atoms with Gasteiger partial charge in [-0.05, 0) is 36.8 Å². The molecule has 0 aliphatic rings. The van der Waals surface area contributed by atoms with E-state index in [0.717, 1.165) is 26.6 Å². The minimum Gasteiger partial charge on any atom is -0.368 e. The number of hydrogen-bond acceptors (Lipinski definition) is 4. The highest BCUT2D eigenvalue weighted by Gasteiger charge is 2.07. The number of aromatic nitrogens is 2. The van der Waals surface area contributed by atoms with Crippen molar-refractivity contribution in [2.24, 2.45) is 0 Å². The van der Waals surface area contributed by atoms with E-state index in [9.17, 15) is 0 Å². The van der Waals surface area contributed by atoms with Crippen LogP contribution in [0.15, 0.2) is 46.9 Å². The maximum atomic E-state index is 5.77. The molecule has 0 radical (unpaired) electrons. The smallest absolute Gasteiger partial charge is 0.222 e. The van der Waals surface area contributed by atoms with Crippen molar-refractivity contribution in [2.75, 3.05) is 11.1 Å². The van der Waals surface area contributed by atoms with E-state index in [-0.39, 0.29) is 5.95 Å². The summed E-state index contributed by atoms with van der Waals surface area (Å²) in [5, 5.41) is 4.28. The van der Waals surface area contributed by atoms with Gasteiger partial charge in [-0.1, -0.05) is 34.1 Å². The first kappa shape index (κ1) is 12.9. The Labute approximate surface area is 125 Å². The fraction of sp³-hybridized carbons (Fsp3) is 0.0667. The van der Waals surface area contributed by atoms with E-state index >= 15 is 0 Å². The number of rotatable bonds is 2. The summed E-state index contributed by atoms with van der Waals surface area (Å²) in [7, 11) is 0. The van der Waals surface area contributed by atoms with Gasteiger partial charge in [-0.3, -0.25) is 0 Å². The fourth-order valence-corrected chi connectivity index (χ4v) is 2.41. The van der Waals surface area contributed by atoms with Gasteiger partial charge < -0.3 is 11.1 Å². The number of anilines is 3. The first-order valence-electron chi connectivity index (χ1n) is 6.19. The molecule has 20 heavy (non-hydrogen) atoms. The van der Waals surface area contributed by atoms with Crippen molar-refractivity contribution in [1.82, 2.24) is 9.97 Å². The molecule has 1 aromatic heterocycles. The quantitative estimate of drug-likeness (QED) is 0.745. The molecule has 100 valence electrons. The van der Waals surface area contributed by atoms with Crippen molar-refractivity contribution in [2.45, 2.75) is 6.92 Å². The predicted molar refractivity (Wildman–Crippen MR) is 86.1 cm³/mol. The second kappa shape index (κ2) is 5.09. The molecular weight excluding hydrogens is 316 g/mol. The molecule has 3 aromatic rings. The molecule has 0 aliphatic carbocycles. The maximum absolute atomic E-state index is 5.77. The van der Waals surface area contributed by atoms with Gasteiger partial charge in [0.15, 0.2) is 0 Å². The second-order valence-electron chi connectivity index (χ2n) is 4.53. The summed E-state index contributed by atoms with van der Waals surface area (Å²) in [5.41, 5.74) is 8.73. The first-order chi connectivity index (χ1) is 9.63. The SMILES string of the molecule is Cc1ccc(Br)cc1Nc1nc(N)nc2ccccc12. The van der Waals surface area contributed by atoms with E-state index in [2.05, 4.69) is 31.2 Å². The van der Waals surface area contributed by atoms with Crippen molar-refractivity contribution in [3.63, 3.8) is 0 Å². The number of benzene rings is 2. The molecule has 0 saturated carbocycles. The molecule has 3 rings (SSSR count). The standard InChI is InChI=1S/C15H13BrN4/c1-9-6-7-10(16)8-13(9)18-14-11-4-2-3-5-12(11)19-15(17)20-14/h2-8H,1H3,(H3,17,18,19,20). The van der Waals surface area contributed by atoms with E-state index in [0.29, 0.717) is 5.82 Å². The lowest BCUT2D eigenvalue weighted by Gasteiger charge is -2.12. The highest BCUT2D eigenvalue weighted by atomic mass is 79.9. The Kier molecular flexibility index (Phi) is 3.28. The van der Waals surface area contributed by atoms with Crippen LogP contribution in [-0.2, 0) is 0 Å². The zero-order valence-electron chi connectivity index (χ0n) is 10.9. The summed E-state index contributed by atoms with van der Waals surface area (Å²) >= 11 is 3.48. The zero-order valence-corrected chi connectivity index (χ0v) is 12.5. The van der Waals surface area contributed by atoms with Crippen LogP contribution in [0, 0.1) is 6.92 Å². The van der Waals surface area contributed by atoms with E-state index in [1.165, 1.54) is 0 Å². The van der Waals surface area contributed by atoms with Crippen LogP contribution >= 0.6 is 15.9 Å². The fourth-order valence-electron chi connectivity index (χ4n) is 2.05. The topological polar surface area (TPSA) is 63.8 Å². The van der Waals surface area contributed by atoms with E-state index in [1.54, 1.807) is 0 Å². The summed E-state index contributed by atoms with van der Waals surface area (Å²) < 4.78 is 1.01. The van der Waals surface area contributed by atoms with E-state index < -0.39 is 0 Å². The molecule has 2 aromatic carbocycles. The van der Waals surface area contributed by atoms with Crippen molar-refractivity contribution >= 4 is 44.3 Å². The second-order valence-corrected chi connectivity index (χ2v) is 5.45. The lowest BCUT2D eigenvalue weighted by molar-refractivity contribution is 1.23. The molecule has 0 amide bonds. The third-order valence-electron chi connectivity index (χ3n) is 3.07. The predicted octanol–water partition coefficient (Wildman–Crippen LogP) is 4.03. The van der Waals surface area contributed by atoms with Crippen molar-refractivity contribution in [3.05, 3.63) is 52.5 Å². The Balaban J connectivity index is 2.13. The van der Waals surface area contributed by atoms with E-state index in [4.69, 9.17) is 5.73 Å². The lowest BCUT2D eigenvalue weighted by atomic mass is 10.2. The molecule has 3 N–H and O–H groups in total. The number of para-hydroxylation sites is 1. The number of nitrogens with one attached hydrogen (secondary N) is 1. The maximum Gasteiger partial charge on any atom is 0.222 e. The van der Waals surface area contributed by atoms with Gasteiger partial charge in [0.25, 0.3) is 0 Å². The average Bonchev–Trinajstić information content (AvgIpc) is 2.43. The van der Waals surface area contributed by atoms with Crippen molar-refractivity contribution in [3.8, 4) is 0 Å². The van der Waals surface area contributed by atoms with Crippen molar-refractivity contribution in [1.29, 1.82) is 0 Å². The molecule has 5 heteroatoms. The van der Waals surface area contributed by atoms with Gasteiger partial charge in [0.05, 0.1) is 5.52 Å². The molecular formula is C15H13BrN4. The molecule has 0 atom stereocenters. The molecule has 1 heterocycles.